The van der Waals surface area contributed by atoms with Crippen LogP contribution in [-0.2, 0) is 17.9 Å². The van der Waals surface area contributed by atoms with E-state index in [-0.39, 0.29) is 18.3 Å². The molecule has 1 saturated carbocycles. The summed E-state index contributed by atoms with van der Waals surface area (Å²) in [7, 11) is 0. The van der Waals surface area contributed by atoms with Gasteiger partial charge in [-0.25, -0.2) is 9.38 Å². The van der Waals surface area contributed by atoms with Crippen molar-refractivity contribution in [1.29, 1.82) is 0 Å². The van der Waals surface area contributed by atoms with Crippen molar-refractivity contribution in [2.45, 2.75) is 45.8 Å². The van der Waals surface area contributed by atoms with Crippen LogP contribution in [0.3, 0.4) is 0 Å². The van der Waals surface area contributed by atoms with Crippen molar-refractivity contribution in [1.82, 2.24) is 16.0 Å². The third-order valence-electron chi connectivity index (χ3n) is 4.66. The molecule has 6 nitrogen and oxygen atoms in total. The Balaban J connectivity index is 1.54. The minimum Gasteiger partial charge on any atom is -0.484 e. The molecule has 160 valence electrons. The normalized spacial score (nSPS) is 13.6. The molecule has 1 aliphatic rings. The van der Waals surface area contributed by atoms with E-state index in [0.717, 1.165) is 30.5 Å². The molecule has 0 heterocycles. The fourth-order valence-corrected chi connectivity index (χ4v) is 2.89. The van der Waals surface area contributed by atoms with Gasteiger partial charge >= 0.3 is 0 Å². The van der Waals surface area contributed by atoms with Gasteiger partial charge < -0.3 is 20.7 Å². The lowest BCUT2D eigenvalue weighted by Crippen LogP contribution is -2.36. The van der Waals surface area contributed by atoms with Crippen molar-refractivity contribution >= 4 is 11.9 Å². The zero-order valence-corrected chi connectivity index (χ0v) is 17.5. The van der Waals surface area contributed by atoms with Gasteiger partial charge in [-0.05, 0) is 61.6 Å². The fraction of sp³-hybridized carbons (Fsp3) is 0.391. The quantitative estimate of drug-likeness (QED) is 0.437. The molecule has 7 heteroatoms. The van der Waals surface area contributed by atoms with E-state index >= 15 is 0 Å². The number of carbonyl (C=O) groups is 1. The third kappa shape index (κ3) is 7.06. The predicted molar refractivity (Wildman–Crippen MR) is 116 cm³/mol. The first kappa shape index (κ1) is 21.6. The summed E-state index contributed by atoms with van der Waals surface area (Å²) in [5, 5.41) is 9.38. The summed E-state index contributed by atoms with van der Waals surface area (Å²) in [6.45, 7) is 5.51. The monoisotopic (exact) mass is 412 g/mol. The van der Waals surface area contributed by atoms with Crippen molar-refractivity contribution in [2.24, 2.45) is 4.99 Å². The number of hydrogen-bond acceptors (Lipinski definition) is 3. The van der Waals surface area contributed by atoms with Gasteiger partial charge in [0.1, 0.15) is 11.6 Å². The van der Waals surface area contributed by atoms with Crippen LogP contribution < -0.4 is 20.7 Å². The molecule has 0 saturated heterocycles. The highest BCUT2D eigenvalue weighted by Gasteiger charge is 2.23. The molecular formula is C23H29FN4O2. The molecule has 0 aromatic heterocycles. The molecule has 1 fully saturated rings. The summed E-state index contributed by atoms with van der Waals surface area (Å²) in [5.41, 5.74) is 2.59. The maximum atomic E-state index is 13.4. The molecule has 3 rings (SSSR count). The molecule has 0 atom stereocenters. The van der Waals surface area contributed by atoms with Gasteiger partial charge in [0.2, 0.25) is 0 Å². The maximum absolute atomic E-state index is 13.4. The Morgan fingerprint density at radius 2 is 2.00 bits per heavy atom. The molecule has 0 spiro atoms. The van der Waals surface area contributed by atoms with Gasteiger partial charge in [-0.3, -0.25) is 4.79 Å². The van der Waals surface area contributed by atoms with E-state index in [9.17, 15) is 9.18 Å². The lowest BCUT2D eigenvalue weighted by molar-refractivity contribution is -0.123. The van der Waals surface area contributed by atoms with Gasteiger partial charge in [0.15, 0.2) is 12.6 Å². The van der Waals surface area contributed by atoms with E-state index in [1.807, 2.05) is 37.3 Å². The van der Waals surface area contributed by atoms with Crippen molar-refractivity contribution in [3.63, 3.8) is 0 Å². The average molecular weight is 413 g/mol. The number of rotatable bonds is 9. The van der Waals surface area contributed by atoms with Gasteiger partial charge in [0.25, 0.3) is 5.91 Å². The van der Waals surface area contributed by atoms with E-state index in [1.165, 1.54) is 6.07 Å². The summed E-state index contributed by atoms with van der Waals surface area (Å²) in [6, 6.07) is 13.0. The number of amides is 1. The number of nitrogens with one attached hydrogen (secondary N) is 3. The van der Waals surface area contributed by atoms with Crippen molar-refractivity contribution in [3.8, 4) is 5.75 Å². The van der Waals surface area contributed by atoms with Crippen LogP contribution in [0.1, 0.15) is 36.5 Å². The largest absolute Gasteiger partial charge is 0.484 e. The molecule has 0 bridgehead atoms. The number of halogens is 1. The smallest absolute Gasteiger partial charge is 0.258 e. The SMILES string of the molecule is CCNC(=NCc1cccc(OCC(=O)NC2CC2)c1)NCc1ccc(F)c(C)c1. The first-order valence-electron chi connectivity index (χ1n) is 10.3. The Bertz CT molecular complexity index is 897. The zero-order chi connectivity index (χ0) is 21.3. The second-order valence-electron chi connectivity index (χ2n) is 7.41. The molecule has 30 heavy (non-hydrogen) atoms. The van der Waals surface area contributed by atoms with E-state index in [2.05, 4.69) is 20.9 Å². The van der Waals surface area contributed by atoms with Crippen LogP contribution in [0.4, 0.5) is 4.39 Å². The number of carbonyl (C=O) groups excluding carboxylic acids is 1. The van der Waals surface area contributed by atoms with Crippen LogP contribution in [0.5, 0.6) is 5.75 Å². The van der Waals surface area contributed by atoms with Gasteiger partial charge in [-0.15, -0.1) is 0 Å². The van der Waals surface area contributed by atoms with Crippen LogP contribution in [0.2, 0.25) is 0 Å². The Hall–Kier alpha value is -3.09. The Labute approximate surface area is 176 Å². The van der Waals surface area contributed by atoms with Crippen LogP contribution in [-0.4, -0.2) is 31.1 Å². The summed E-state index contributed by atoms with van der Waals surface area (Å²) < 4.78 is 19.0. The number of guanidine groups is 1. The van der Waals surface area contributed by atoms with Crippen LogP contribution >= 0.6 is 0 Å². The molecule has 2 aromatic rings. The molecule has 2 aromatic carbocycles. The minimum absolute atomic E-state index is 0.0184. The highest BCUT2D eigenvalue weighted by Crippen LogP contribution is 2.18. The van der Waals surface area contributed by atoms with Gasteiger partial charge in [0.05, 0.1) is 6.54 Å². The van der Waals surface area contributed by atoms with Gasteiger partial charge in [-0.1, -0.05) is 24.3 Å². The summed E-state index contributed by atoms with van der Waals surface area (Å²) in [5.74, 6) is 1.03. The lowest BCUT2D eigenvalue weighted by atomic mass is 10.1. The fourth-order valence-electron chi connectivity index (χ4n) is 2.89. The van der Waals surface area contributed by atoms with E-state index in [1.54, 1.807) is 13.0 Å². The second-order valence-corrected chi connectivity index (χ2v) is 7.41. The molecular weight excluding hydrogens is 383 g/mol. The lowest BCUT2D eigenvalue weighted by Gasteiger charge is -2.12. The molecule has 0 aliphatic heterocycles. The van der Waals surface area contributed by atoms with Crippen LogP contribution in [0.25, 0.3) is 0 Å². The first-order valence-corrected chi connectivity index (χ1v) is 10.3. The molecule has 1 amide bonds. The Morgan fingerprint density at radius 3 is 2.73 bits per heavy atom. The van der Waals surface area contributed by atoms with E-state index in [4.69, 9.17) is 4.74 Å². The Morgan fingerprint density at radius 1 is 1.17 bits per heavy atom. The maximum Gasteiger partial charge on any atom is 0.258 e. The Kier molecular flexibility index (Phi) is 7.65. The zero-order valence-electron chi connectivity index (χ0n) is 17.5. The summed E-state index contributed by atoms with van der Waals surface area (Å²) in [4.78, 5) is 16.4. The third-order valence-corrected chi connectivity index (χ3v) is 4.66. The molecule has 3 N–H and O–H groups in total. The number of nitrogens with zero attached hydrogens (tertiary/aromatic N) is 1. The second kappa shape index (κ2) is 10.6. The molecule has 1 aliphatic carbocycles. The van der Waals surface area contributed by atoms with Crippen molar-refractivity contribution in [2.75, 3.05) is 13.2 Å². The minimum atomic E-state index is -0.202. The number of aryl methyl sites for hydroxylation is 1. The topological polar surface area (TPSA) is 74.8 Å². The van der Waals surface area contributed by atoms with Crippen LogP contribution in [0, 0.1) is 12.7 Å². The highest BCUT2D eigenvalue weighted by atomic mass is 19.1. The highest BCUT2D eigenvalue weighted by molar-refractivity contribution is 5.79. The van der Waals surface area contributed by atoms with Crippen LogP contribution in [0.15, 0.2) is 47.5 Å². The van der Waals surface area contributed by atoms with Crippen molar-refractivity contribution in [3.05, 3.63) is 65.0 Å². The predicted octanol–water partition coefficient (Wildman–Crippen LogP) is 3.05. The van der Waals surface area contributed by atoms with E-state index < -0.39 is 0 Å². The number of hydrogen-bond donors (Lipinski definition) is 3. The van der Waals surface area contributed by atoms with Gasteiger partial charge in [0, 0.05) is 19.1 Å². The van der Waals surface area contributed by atoms with E-state index in [0.29, 0.717) is 36.4 Å². The number of ether oxygens (including phenoxy) is 1. The number of aliphatic imine (C=N–C) groups is 1. The standard InChI is InChI=1S/C23H29FN4O2/c1-3-25-23(27-14-18-7-10-21(24)16(2)11-18)26-13-17-5-4-6-20(12-17)30-15-22(29)28-19-8-9-19/h4-7,10-12,19H,3,8-9,13-15H2,1-2H3,(H,28,29)(H2,25,26,27). The summed E-state index contributed by atoms with van der Waals surface area (Å²) in [6.07, 6.45) is 2.12. The molecule has 0 unspecified atom stereocenters. The average Bonchev–Trinajstić information content (AvgIpc) is 3.55. The van der Waals surface area contributed by atoms with Gasteiger partial charge in [-0.2, -0.15) is 0 Å². The summed E-state index contributed by atoms with van der Waals surface area (Å²) >= 11 is 0. The van der Waals surface area contributed by atoms with Crippen molar-refractivity contribution < 1.29 is 13.9 Å². The first-order chi connectivity index (χ1) is 14.5. The number of benzene rings is 2. The molecule has 0 radical (unpaired) electrons.